The fourth-order valence-corrected chi connectivity index (χ4v) is 1.76. The van der Waals surface area contributed by atoms with Gasteiger partial charge in [-0.2, -0.15) is 0 Å². The van der Waals surface area contributed by atoms with Crippen molar-refractivity contribution in [3.05, 3.63) is 64.4 Å². The van der Waals surface area contributed by atoms with E-state index < -0.39 is 0 Å². The third-order valence-corrected chi connectivity index (χ3v) is 3.05. The molecule has 0 spiro atoms. The monoisotopic (exact) mass is 292 g/mol. The molecule has 3 nitrogen and oxygen atoms in total. The number of amides is 2. The van der Waals surface area contributed by atoms with Crippen molar-refractivity contribution in [1.82, 2.24) is 5.32 Å². The minimum absolute atomic E-state index is 0.347. The summed E-state index contributed by atoms with van der Waals surface area (Å²) in [5.41, 5.74) is 1.89. The number of urea groups is 1. The Labute approximate surface area is 121 Å². The molecule has 0 aromatic heterocycles. The second kappa shape index (κ2) is 6.39. The van der Waals surface area contributed by atoms with Crippen LogP contribution < -0.4 is 10.6 Å². The normalized spacial score (nSPS) is 10.2. The molecule has 0 saturated heterocycles. The SMILES string of the molecule is Cc1ccc(NC(=O)NCc2ccc(Cl)cc2)cc1F. The maximum Gasteiger partial charge on any atom is 0.319 e. The van der Waals surface area contributed by atoms with Crippen LogP contribution in [-0.2, 0) is 6.54 Å². The molecule has 2 rings (SSSR count). The van der Waals surface area contributed by atoms with Crippen LogP contribution in [0.15, 0.2) is 42.5 Å². The predicted molar refractivity (Wildman–Crippen MR) is 78.4 cm³/mol. The standard InChI is InChI=1S/C15H14ClFN2O/c1-10-2-7-13(8-14(10)17)19-15(20)18-9-11-3-5-12(16)6-4-11/h2-8H,9H2,1H3,(H2,18,19,20). The van der Waals surface area contributed by atoms with E-state index in [1.165, 1.54) is 6.07 Å². The highest BCUT2D eigenvalue weighted by molar-refractivity contribution is 6.30. The predicted octanol–water partition coefficient (Wildman–Crippen LogP) is 4.11. The van der Waals surface area contributed by atoms with E-state index in [-0.39, 0.29) is 11.8 Å². The van der Waals surface area contributed by atoms with Gasteiger partial charge in [0.05, 0.1) is 0 Å². The molecule has 0 heterocycles. The van der Waals surface area contributed by atoms with Gasteiger partial charge in [-0.3, -0.25) is 0 Å². The summed E-state index contributed by atoms with van der Waals surface area (Å²) in [7, 11) is 0. The second-order valence-corrected chi connectivity index (χ2v) is 4.83. The second-order valence-electron chi connectivity index (χ2n) is 4.40. The number of nitrogens with one attached hydrogen (secondary N) is 2. The van der Waals surface area contributed by atoms with Crippen LogP contribution in [0.3, 0.4) is 0 Å². The molecule has 104 valence electrons. The van der Waals surface area contributed by atoms with E-state index in [9.17, 15) is 9.18 Å². The fraction of sp³-hybridized carbons (Fsp3) is 0.133. The Hall–Kier alpha value is -2.07. The highest BCUT2D eigenvalue weighted by Crippen LogP contribution is 2.13. The Balaban J connectivity index is 1.89. The molecule has 0 aliphatic heterocycles. The molecule has 0 radical (unpaired) electrons. The summed E-state index contributed by atoms with van der Waals surface area (Å²) in [4.78, 5) is 11.7. The van der Waals surface area contributed by atoms with Crippen molar-refractivity contribution >= 4 is 23.3 Å². The lowest BCUT2D eigenvalue weighted by Gasteiger charge is -2.08. The Bertz CT molecular complexity index is 614. The number of anilines is 1. The highest BCUT2D eigenvalue weighted by Gasteiger charge is 2.04. The Morgan fingerprint density at radius 1 is 1.20 bits per heavy atom. The lowest BCUT2D eigenvalue weighted by molar-refractivity contribution is 0.251. The summed E-state index contributed by atoms with van der Waals surface area (Å²) in [5, 5.41) is 5.91. The van der Waals surface area contributed by atoms with Crippen molar-refractivity contribution in [1.29, 1.82) is 0 Å². The Morgan fingerprint density at radius 3 is 2.55 bits per heavy atom. The van der Waals surface area contributed by atoms with E-state index in [0.717, 1.165) is 5.56 Å². The van der Waals surface area contributed by atoms with E-state index in [4.69, 9.17) is 11.6 Å². The molecular weight excluding hydrogens is 279 g/mol. The first-order valence-corrected chi connectivity index (χ1v) is 6.48. The van der Waals surface area contributed by atoms with Crippen molar-refractivity contribution in [2.24, 2.45) is 0 Å². The van der Waals surface area contributed by atoms with Gasteiger partial charge in [0.15, 0.2) is 0 Å². The molecule has 0 aliphatic carbocycles. The maximum absolute atomic E-state index is 13.3. The van der Waals surface area contributed by atoms with Crippen molar-refractivity contribution in [2.45, 2.75) is 13.5 Å². The summed E-state index contributed by atoms with van der Waals surface area (Å²) < 4.78 is 13.3. The lowest BCUT2D eigenvalue weighted by Crippen LogP contribution is -2.28. The van der Waals surface area contributed by atoms with Gasteiger partial charge in [0.2, 0.25) is 0 Å². The molecule has 0 unspecified atom stereocenters. The fourth-order valence-electron chi connectivity index (χ4n) is 1.63. The van der Waals surface area contributed by atoms with Crippen LogP contribution in [0.5, 0.6) is 0 Å². The quantitative estimate of drug-likeness (QED) is 0.878. The average Bonchev–Trinajstić information content (AvgIpc) is 2.42. The number of hydrogen-bond donors (Lipinski definition) is 2. The van der Waals surface area contributed by atoms with Gasteiger partial charge >= 0.3 is 6.03 Å². The van der Waals surface area contributed by atoms with E-state index in [1.807, 2.05) is 12.1 Å². The molecule has 2 aromatic carbocycles. The van der Waals surface area contributed by atoms with Gasteiger partial charge in [0.1, 0.15) is 5.82 Å². The molecule has 2 amide bonds. The molecule has 0 saturated carbocycles. The number of aryl methyl sites for hydroxylation is 1. The van der Waals surface area contributed by atoms with Crippen LogP contribution >= 0.6 is 11.6 Å². The number of hydrogen-bond acceptors (Lipinski definition) is 1. The van der Waals surface area contributed by atoms with Crippen LogP contribution in [-0.4, -0.2) is 6.03 Å². The van der Waals surface area contributed by atoms with Crippen LogP contribution in [0.25, 0.3) is 0 Å². The number of benzene rings is 2. The van der Waals surface area contributed by atoms with Crippen molar-refractivity contribution in [3.63, 3.8) is 0 Å². The average molecular weight is 293 g/mol. The molecule has 20 heavy (non-hydrogen) atoms. The third-order valence-electron chi connectivity index (χ3n) is 2.80. The third kappa shape index (κ3) is 3.96. The maximum atomic E-state index is 13.3. The van der Waals surface area contributed by atoms with Crippen molar-refractivity contribution in [3.8, 4) is 0 Å². The first-order chi connectivity index (χ1) is 9.54. The number of rotatable bonds is 3. The Kier molecular flexibility index (Phi) is 4.58. The topological polar surface area (TPSA) is 41.1 Å². The largest absolute Gasteiger partial charge is 0.334 e. The number of carbonyl (C=O) groups excluding carboxylic acids is 1. The first-order valence-electron chi connectivity index (χ1n) is 6.10. The molecule has 0 atom stereocenters. The van der Waals surface area contributed by atoms with E-state index in [2.05, 4.69) is 10.6 Å². The zero-order valence-corrected chi connectivity index (χ0v) is 11.7. The minimum Gasteiger partial charge on any atom is -0.334 e. The number of halogens is 2. The molecule has 0 aliphatic rings. The van der Waals surface area contributed by atoms with Gasteiger partial charge in [-0.15, -0.1) is 0 Å². The highest BCUT2D eigenvalue weighted by atomic mass is 35.5. The smallest absolute Gasteiger partial charge is 0.319 e. The molecule has 0 fully saturated rings. The summed E-state index contributed by atoms with van der Waals surface area (Å²) in [6.45, 7) is 2.04. The van der Waals surface area contributed by atoms with Crippen LogP contribution in [0, 0.1) is 12.7 Å². The summed E-state index contributed by atoms with van der Waals surface area (Å²) in [6, 6.07) is 11.3. The molecular formula is C15H14ClFN2O. The minimum atomic E-state index is -0.386. The molecule has 2 aromatic rings. The van der Waals surface area contributed by atoms with Gasteiger partial charge in [-0.1, -0.05) is 29.8 Å². The van der Waals surface area contributed by atoms with Crippen LogP contribution in [0.4, 0.5) is 14.9 Å². The van der Waals surface area contributed by atoms with Gasteiger partial charge in [0.25, 0.3) is 0 Å². The zero-order chi connectivity index (χ0) is 14.5. The van der Waals surface area contributed by atoms with Gasteiger partial charge in [0, 0.05) is 17.3 Å². The summed E-state index contributed by atoms with van der Waals surface area (Å²) in [6.07, 6.45) is 0. The molecule has 2 N–H and O–H groups in total. The summed E-state index contributed by atoms with van der Waals surface area (Å²) >= 11 is 5.77. The van der Waals surface area contributed by atoms with Gasteiger partial charge in [-0.05, 0) is 42.3 Å². The molecule has 5 heteroatoms. The van der Waals surface area contributed by atoms with E-state index >= 15 is 0 Å². The molecule has 0 bridgehead atoms. The lowest BCUT2D eigenvalue weighted by atomic mass is 10.2. The Morgan fingerprint density at radius 2 is 1.90 bits per heavy atom. The summed E-state index contributed by atoms with van der Waals surface area (Å²) in [5.74, 6) is -0.347. The van der Waals surface area contributed by atoms with Crippen LogP contribution in [0.2, 0.25) is 5.02 Å². The van der Waals surface area contributed by atoms with Gasteiger partial charge in [-0.25, -0.2) is 9.18 Å². The zero-order valence-electron chi connectivity index (χ0n) is 10.9. The van der Waals surface area contributed by atoms with Crippen LogP contribution in [0.1, 0.15) is 11.1 Å². The van der Waals surface area contributed by atoms with E-state index in [1.54, 1.807) is 31.2 Å². The first kappa shape index (κ1) is 14.3. The van der Waals surface area contributed by atoms with Gasteiger partial charge < -0.3 is 10.6 Å². The van der Waals surface area contributed by atoms with Crippen molar-refractivity contribution < 1.29 is 9.18 Å². The van der Waals surface area contributed by atoms with E-state index in [0.29, 0.717) is 22.8 Å². The van der Waals surface area contributed by atoms with Crippen molar-refractivity contribution in [2.75, 3.05) is 5.32 Å². The number of carbonyl (C=O) groups is 1.